The van der Waals surface area contributed by atoms with Crippen LogP contribution in [0.1, 0.15) is 51.9 Å². The quantitative estimate of drug-likeness (QED) is 0.344. The van der Waals surface area contributed by atoms with Gasteiger partial charge in [-0.3, -0.25) is 14.8 Å². The maximum Gasteiger partial charge on any atom is 0.254 e. The first-order chi connectivity index (χ1) is 19.6. The molecule has 10 nitrogen and oxygen atoms in total. The van der Waals surface area contributed by atoms with Crippen LogP contribution in [0.2, 0.25) is 0 Å². The number of halogens is 1. The van der Waals surface area contributed by atoms with Crippen molar-refractivity contribution in [3.05, 3.63) is 48.7 Å². The summed E-state index contributed by atoms with van der Waals surface area (Å²) >= 11 is 0. The minimum atomic E-state index is -0.408. The molecule has 0 bridgehead atoms. The van der Waals surface area contributed by atoms with Gasteiger partial charge in [-0.15, -0.1) is 0 Å². The van der Waals surface area contributed by atoms with Crippen molar-refractivity contribution in [1.82, 2.24) is 25.1 Å². The van der Waals surface area contributed by atoms with Gasteiger partial charge in [0.15, 0.2) is 11.6 Å². The summed E-state index contributed by atoms with van der Waals surface area (Å²) in [6.45, 7) is 3.97. The van der Waals surface area contributed by atoms with Gasteiger partial charge in [-0.05, 0) is 56.9 Å². The van der Waals surface area contributed by atoms with E-state index in [1.807, 2.05) is 19.1 Å². The third-order valence-corrected chi connectivity index (χ3v) is 8.38. The number of carbonyl (C=O) groups excluding carboxylic acids is 1. The number of fused-ring (bicyclic) bond motifs is 2. The van der Waals surface area contributed by atoms with Gasteiger partial charge in [0.25, 0.3) is 5.91 Å². The van der Waals surface area contributed by atoms with Gasteiger partial charge < -0.3 is 15.1 Å². The van der Waals surface area contributed by atoms with Crippen LogP contribution >= 0.6 is 0 Å². The summed E-state index contributed by atoms with van der Waals surface area (Å²) in [6.07, 6.45) is 12.9. The van der Waals surface area contributed by atoms with E-state index in [-0.39, 0.29) is 11.9 Å². The SMILES string of the molecule is C[C@@H]1C(=O)N(c2ccc(N3CCCC3)nc2)c2cnc(Nc3cc(F)c4[nH]ncc4c3)nc2N1C1CCCCC1. The van der Waals surface area contributed by atoms with Crippen molar-refractivity contribution in [3.8, 4) is 0 Å². The van der Waals surface area contributed by atoms with Gasteiger partial charge in [0.1, 0.15) is 23.1 Å². The number of hydrogen-bond acceptors (Lipinski definition) is 8. The normalized spacial score (nSPS) is 19.9. The predicted octanol–water partition coefficient (Wildman–Crippen LogP) is 5.44. The summed E-state index contributed by atoms with van der Waals surface area (Å²) in [5, 5.41) is 10.4. The fraction of sp³-hybridized carbons (Fsp3) is 0.414. The second kappa shape index (κ2) is 10.0. The van der Waals surface area contributed by atoms with E-state index < -0.39 is 11.9 Å². The summed E-state index contributed by atoms with van der Waals surface area (Å²) in [5.74, 6) is 1.54. The molecule has 40 heavy (non-hydrogen) atoms. The lowest BCUT2D eigenvalue weighted by atomic mass is 9.92. The molecule has 3 aliphatic rings. The molecular weight excluding hydrogens is 509 g/mol. The second-order valence-corrected chi connectivity index (χ2v) is 10.9. The molecule has 7 rings (SSSR count). The highest BCUT2D eigenvalue weighted by molar-refractivity contribution is 6.09. The zero-order chi connectivity index (χ0) is 27.2. The van der Waals surface area contributed by atoms with E-state index >= 15 is 0 Å². The van der Waals surface area contributed by atoms with E-state index in [0.717, 1.165) is 44.6 Å². The van der Waals surface area contributed by atoms with Crippen LogP contribution in [-0.4, -0.2) is 56.2 Å². The summed E-state index contributed by atoms with van der Waals surface area (Å²) in [6, 6.07) is 6.95. The Hall–Kier alpha value is -4.28. The Labute approximate surface area is 231 Å². The van der Waals surface area contributed by atoms with Gasteiger partial charge in [0.2, 0.25) is 5.95 Å². The monoisotopic (exact) mass is 541 g/mol. The van der Waals surface area contributed by atoms with Crippen LogP contribution in [0.15, 0.2) is 42.9 Å². The lowest BCUT2D eigenvalue weighted by Gasteiger charge is -2.45. The zero-order valence-corrected chi connectivity index (χ0v) is 22.5. The molecule has 1 saturated heterocycles. The highest BCUT2D eigenvalue weighted by Gasteiger charge is 2.41. The minimum absolute atomic E-state index is 0.0226. The molecule has 1 saturated carbocycles. The largest absolute Gasteiger partial charge is 0.357 e. The van der Waals surface area contributed by atoms with Crippen molar-refractivity contribution in [1.29, 1.82) is 0 Å². The second-order valence-electron chi connectivity index (χ2n) is 10.9. The molecule has 3 aromatic heterocycles. The highest BCUT2D eigenvalue weighted by Crippen LogP contribution is 2.42. The molecule has 0 radical (unpaired) electrons. The Kier molecular flexibility index (Phi) is 6.21. The summed E-state index contributed by atoms with van der Waals surface area (Å²) in [7, 11) is 0. The van der Waals surface area contributed by atoms with Gasteiger partial charge in [0.05, 0.1) is 24.3 Å². The first-order valence-electron chi connectivity index (χ1n) is 14.2. The molecule has 5 heterocycles. The van der Waals surface area contributed by atoms with E-state index in [1.165, 1.54) is 25.3 Å². The number of carbonyl (C=O) groups is 1. The van der Waals surface area contributed by atoms with Crippen LogP contribution in [0.25, 0.3) is 10.9 Å². The average molecular weight is 542 g/mol. The predicted molar refractivity (Wildman–Crippen MR) is 153 cm³/mol. The average Bonchev–Trinajstić information content (AvgIpc) is 3.68. The molecule has 206 valence electrons. The molecule has 1 aliphatic carbocycles. The number of pyridine rings is 1. The van der Waals surface area contributed by atoms with Gasteiger partial charge in [-0.2, -0.15) is 10.1 Å². The number of H-pyrrole nitrogens is 1. The lowest BCUT2D eigenvalue weighted by molar-refractivity contribution is -0.119. The minimum Gasteiger partial charge on any atom is -0.357 e. The van der Waals surface area contributed by atoms with E-state index in [2.05, 4.69) is 30.3 Å². The Balaban J connectivity index is 1.27. The zero-order valence-electron chi connectivity index (χ0n) is 22.5. The van der Waals surface area contributed by atoms with Crippen molar-refractivity contribution >= 4 is 51.5 Å². The van der Waals surface area contributed by atoms with Crippen LogP contribution in [0.5, 0.6) is 0 Å². The molecule has 11 heteroatoms. The number of hydrogen-bond donors (Lipinski definition) is 2. The van der Waals surface area contributed by atoms with Crippen molar-refractivity contribution in [2.45, 2.75) is 64.0 Å². The van der Waals surface area contributed by atoms with Crippen LogP contribution in [0.4, 0.5) is 39.0 Å². The first kappa shape index (κ1) is 24.7. The third kappa shape index (κ3) is 4.29. The number of aromatic amines is 1. The van der Waals surface area contributed by atoms with Crippen LogP contribution in [0.3, 0.4) is 0 Å². The van der Waals surface area contributed by atoms with Gasteiger partial charge in [-0.25, -0.2) is 14.4 Å². The molecule has 1 aromatic carbocycles. The van der Waals surface area contributed by atoms with Crippen molar-refractivity contribution in [3.63, 3.8) is 0 Å². The smallest absolute Gasteiger partial charge is 0.254 e. The number of rotatable bonds is 5. The van der Waals surface area contributed by atoms with E-state index in [9.17, 15) is 9.18 Å². The van der Waals surface area contributed by atoms with E-state index in [0.29, 0.717) is 39.7 Å². The molecule has 1 amide bonds. The maximum absolute atomic E-state index is 14.6. The number of anilines is 6. The molecule has 2 fully saturated rings. The standard InChI is InChI=1S/C29H32FN9O/c1-18-28(40)39(22-9-10-25(31-16-22)37-11-5-6-12-37)24-17-32-29(35-27(24)38(18)21-7-3-2-4-8-21)34-20-13-19-15-33-36-26(19)23(30)14-20/h9-10,13-18,21H,2-8,11-12H2,1H3,(H,33,36)(H,32,34,35)/t18-/m1/s1. The number of aromatic nitrogens is 5. The number of nitrogens with one attached hydrogen (secondary N) is 2. The molecule has 4 aromatic rings. The van der Waals surface area contributed by atoms with Crippen molar-refractivity contribution in [2.75, 3.05) is 33.1 Å². The number of benzene rings is 1. The molecule has 0 spiro atoms. The Bertz CT molecular complexity index is 1540. The van der Waals surface area contributed by atoms with E-state index in [1.54, 1.807) is 29.6 Å². The molecule has 0 unspecified atom stereocenters. The van der Waals surface area contributed by atoms with Crippen molar-refractivity contribution < 1.29 is 9.18 Å². The summed E-state index contributed by atoms with van der Waals surface area (Å²) in [4.78, 5) is 34.3. The third-order valence-electron chi connectivity index (χ3n) is 8.38. The van der Waals surface area contributed by atoms with Crippen LogP contribution < -0.4 is 20.0 Å². The lowest BCUT2D eigenvalue weighted by Crippen LogP contribution is -2.55. The van der Waals surface area contributed by atoms with Crippen LogP contribution in [-0.2, 0) is 4.79 Å². The Morgan fingerprint density at radius 1 is 1.00 bits per heavy atom. The van der Waals surface area contributed by atoms with Gasteiger partial charge >= 0.3 is 0 Å². The van der Waals surface area contributed by atoms with Gasteiger partial charge in [-0.1, -0.05) is 19.3 Å². The van der Waals surface area contributed by atoms with Crippen LogP contribution in [0, 0.1) is 5.82 Å². The summed E-state index contributed by atoms with van der Waals surface area (Å²) in [5.41, 5.74) is 2.20. The van der Waals surface area contributed by atoms with Crippen molar-refractivity contribution in [2.24, 2.45) is 0 Å². The maximum atomic E-state index is 14.6. The number of nitrogens with zero attached hydrogens (tertiary/aromatic N) is 7. The van der Waals surface area contributed by atoms with E-state index in [4.69, 9.17) is 9.97 Å². The fourth-order valence-electron chi connectivity index (χ4n) is 6.36. The molecular formula is C29H32FN9O. The topological polar surface area (TPSA) is 106 Å². The fourth-order valence-corrected chi connectivity index (χ4v) is 6.36. The highest BCUT2D eigenvalue weighted by atomic mass is 19.1. The number of amides is 1. The Morgan fingerprint density at radius 3 is 2.60 bits per heavy atom. The first-order valence-corrected chi connectivity index (χ1v) is 14.2. The summed E-state index contributed by atoms with van der Waals surface area (Å²) < 4.78 is 14.6. The molecule has 1 atom stereocenters. The molecule has 2 aliphatic heterocycles. The van der Waals surface area contributed by atoms with Gasteiger partial charge in [0, 0.05) is 30.2 Å². The molecule has 2 N–H and O–H groups in total. The Morgan fingerprint density at radius 2 is 1.82 bits per heavy atom.